The van der Waals surface area contributed by atoms with Crippen LogP contribution in [0.2, 0.25) is 0 Å². The van der Waals surface area contributed by atoms with Crippen LogP contribution in [0.4, 0.5) is 5.69 Å². The van der Waals surface area contributed by atoms with Crippen LogP contribution in [0.5, 0.6) is 0 Å². The van der Waals surface area contributed by atoms with Gasteiger partial charge in [-0.2, -0.15) is 0 Å². The van der Waals surface area contributed by atoms with Gasteiger partial charge in [0.05, 0.1) is 5.69 Å². The van der Waals surface area contributed by atoms with Crippen LogP contribution in [-0.4, -0.2) is 23.5 Å². The number of aliphatic carboxylic acids is 1. The van der Waals surface area contributed by atoms with E-state index >= 15 is 0 Å². The molecule has 2 aromatic rings. The van der Waals surface area contributed by atoms with E-state index in [9.17, 15) is 9.59 Å². The van der Waals surface area contributed by atoms with Crippen molar-refractivity contribution >= 4 is 28.3 Å². The fourth-order valence-electron chi connectivity index (χ4n) is 2.12. The third-order valence-corrected chi connectivity index (χ3v) is 3.01. The molecule has 0 fully saturated rings. The molecule has 4 nitrogen and oxygen atoms in total. The second-order valence-electron chi connectivity index (χ2n) is 4.25. The van der Waals surface area contributed by atoms with Gasteiger partial charge in [-0.3, -0.25) is 4.79 Å². The Bertz CT molecular complexity index is 671. The van der Waals surface area contributed by atoms with Gasteiger partial charge in [-0.15, -0.1) is 0 Å². The van der Waals surface area contributed by atoms with E-state index in [1.165, 1.54) is 0 Å². The van der Waals surface area contributed by atoms with Crippen LogP contribution in [-0.2, 0) is 9.59 Å². The Morgan fingerprint density at radius 3 is 2.50 bits per heavy atom. The Balaban J connectivity index is 2.44. The largest absolute Gasteiger partial charge is 0.478 e. The lowest BCUT2D eigenvalue weighted by Crippen LogP contribution is -2.29. The second kappa shape index (κ2) is 6.02. The van der Waals surface area contributed by atoms with E-state index in [0.29, 0.717) is 6.54 Å². The normalized spacial score (nSPS) is 10.8. The van der Waals surface area contributed by atoms with E-state index in [4.69, 9.17) is 5.11 Å². The minimum absolute atomic E-state index is 0.341. The molecule has 0 aliphatic rings. The lowest BCUT2D eigenvalue weighted by atomic mass is 10.1. The summed E-state index contributed by atoms with van der Waals surface area (Å²) in [4.78, 5) is 24.2. The molecule has 102 valence electrons. The SMILES string of the molecule is CCN(C(=O)C=CC(=O)O)c1cccc2ccccc12. The third-order valence-electron chi connectivity index (χ3n) is 3.01. The van der Waals surface area contributed by atoms with Gasteiger partial charge in [-0.05, 0) is 18.4 Å². The number of likely N-dealkylation sites (N-methyl/N-ethyl adjacent to an activating group) is 1. The molecule has 0 aromatic heterocycles. The number of carboxylic acids is 1. The lowest BCUT2D eigenvalue weighted by Gasteiger charge is -2.21. The zero-order chi connectivity index (χ0) is 14.5. The summed E-state index contributed by atoms with van der Waals surface area (Å²) in [5.41, 5.74) is 0.783. The molecule has 1 N–H and O–H groups in total. The standard InChI is InChI=1S/C16H15NO3/c1-2-17(15(18)10-11-16(19)20)14-9-5-7-12-6-3-4-8-13(12)14/h3-11H,2H2,1H3,(H,19,20). The highest BCUT2D eigenvalue weighted by Gasteiger charge is 2.13. The molecule has 0 radical (unpaired) electrons. The number of amides is 1. The van der Waals surface area contributed by atoms with E-state index in [1.807, 2.05) is 49.4 Å². The molecule has 0 aliphatic carbocycles. The topological polar surface area (TPSA) is 57.6 Å². The first kappa shape index (κ1) is 13.8. The van der Waals surface area contributed by atoms with Gasteiger partial charge in [-0.25, -0.2) is 4.79 Å². The number of nitrogens with zero attached hydrogens (tertiary/aromatic N) is 1. The van der Waals surface area contributed by atoms with Crippen LogP contribution >= 0.6 is 0 Å². The first-order valence-corrected chi connectivity index (χ1v) is 6.33. The van der Waals surface area contributed by atoms with E-state index in [2.05, 4.69) is 0 Å². The van der Waals surface area contributed by atoms with Crippen molar-refractivity contribution in [3.63, 3.8) is 0 Å². The van der Waals surface area contributed by atoms with Crippen molar-refractivity contribution in [2.24, 2.45) is 0 Å². The fourth-order valence-corrected chi connectivity index (χ4v) is 2.12. The molecule has 0 heterocycles. The average Bonchev–Trinajstić information content (AvgIpc) is 2.46. The van der Waals surface area contributed by atoms with Crippen molar-refractivity contribution in [2.75, 3.05) is 11.4 Å². The molecule has 0 bridgehead atoms. The van der Waals surface area contributed by atoms with E-state index in [1.54, 1.807) is 4.90 Å². The van der Waals surface area contributed by atoms with E-state index in [0.717, 1.165) is 28.6 Å². The van der Waals surface area contributed by atoms with E-state index < -0.39 is 5.97 Å². The van der Waals surface area contributed by atoms with Gasteiger partial charge in [0.15, 0.2) is 0 Å². The summed E-state index contributed by atoms with van der Waals surface area (Å²) in [7, 11) is 0. The van der Waals surface area contributed by atoms with Gasteiger partial charge in [-0.1, -0.05) is 36.4 Å². The van der Waals surface area contributed by atoms with Crippen molar-refractivity contribution in [1.29, 1.82) is 0 Å². The van der Waals surface area contributed by atoms with Crippen molar-refractivity contribution < 1.29 is 14.7 Å². The Hall–Kier alpha value is -2.62. The van der Waals surface area contributed by atoms with E-state index in [-0.39, 0.29) is 5.91 Å². The molecule has 4 heteroatoms. The number of hydrogen-bond donors (Lipinski definition) is 1. The number of carbonyl (C=O) groups is 2. The van der Waals surface area contributed by atoms with Gasteiger partial charge in [0, 0.05) is 24.1 Å². The highest BCUT2D eigenvalue weighted by molar-refractivity contribution is 6.09. The Morgan fingerprint density at radius 2 is 1.80 bits per heavy atom. The van der Waals surface area contributed by atoms with Gasteiger partial charge in [0.25, 0.3) is 5.91 Å². The Kier molecular flexibility index (Phi) is 4.15. The van der Waals surface area contributed by atoms with Gasteiger partial charge < -0.3 is 10.0 Å². The first-order chi connectivity index (χ1) is 9.63. The molecule has 20 heavy (non-hydrogen) atoms. The van der Waals surface area contributed by atoms with Gasteiger partial charge in [0.1, 0.15) is 0 Å². The summed E-state index contributed by atoms with van der Waals surface area (Å²) >= 11 is 0. The number of anilines is 1. The van der Waals surface area contributed by atoms with Gasteiger partial charge in [0.2, 0.25) is 0 Å². The number of fused-ring (bicyclic) bond motifs is 1. The number of benzene rings is 2. The molecule has 0 unspecified atom stereocenters. The van der Waals surface area contributed by atoms with Crippen molar-refractivity contribution in [3.8, 4) is 0 Å². The third kappa shape index (κ3) is 2.85. The molecule has 0 aliphatic heterocycles. The molecule has 2 aromatic carbocycles. The summed E-state index contributed by atoms with van der Waals surface area (Å²) < 4.78 is 0. The summed E-state index contributed by atoms with van der Waals surface area (Å²) in [6, 6.07) is 13.5. The number of carbonyl (C=O) groups excluding carboxylic acids is 1. The first-order valence-electron chi connectivity index (χ1n) is 6.33. The van der Waals surface area contributed by atoms with Crippen LogP contribution < -0.4 is 4.90 Å². The molecule has 0 atom stereocenters. The van der Waals surface area contributed by atoms with Crippen LogP contribution in [0.1, 0.15) is 6.92 Å². The molecular weight excluding hydrogens is 254 g/mol. The second-order valence-corrected chi connectivity index (χ2v) is 4.25. The van der Waals surface area contributed by atoms with Crippen LogP contribution in [0.25, 0.3) is 10.8 Å². The minimum atomic E-state index is -1.13. The molecule has 2 rings (SSSR count). The van der Waals surface area contributed by atoms with Crippen LogP contribution in [0.3, 0.4) is 0 Å². The summed E-state index contributed by atoms with van der Waals surface area (Å²) in [5.74, 6) is -1.47. The van der Waals surface area contributed by atoms with Crippen LogP contribution in [0.15, 0.2) is 54.6 Å². The highest BCUT2D eigenvalue weighted by Crippen LogP contribution is 2.26. The summed E-state index contributed by atoms with van der Waals surface area (Å²) in [6.07, 6.45) is 1.93. The number of carboxylic acid groups (broad SMARTS) is 1. The maximum atomic E-state index is 12.1. The zero-order valence-corrected chi connectivity index (χ0v) is 11.1. The van der Waals surface area contributed by atoms with Crippen molar-refractivity contribution in [2.45, 2.75) is 6.92 Å². The number of rotatable bonds is 4. The molecule has 0 saturated carbocycles. The fraction of sp³-hybridized carbons (Fsp3) is 0.125. The van der Waals surface area contributed by atoms with Crippen molar-refractivity contribution in [3.05, 3.63) is 54.6 Å². The smallest absolute Gasteiger partial charge is 0.328 e. The predicted molar refractivity (Wildman–Crippen MR) is 78.8 cm³/mol. The lowest BCUT2D eigenvalue weighted by molar-refractivity contribution is -0.131. The Morgan fingerprint density at radius 1 is 1.10 bits per heavy atom. The Labute approximate surface area is 116 Å². The maximum absolute atomic E-state index is 12.1. The van der Waals surface area contributed by atoms with Gasteiger partial charge >= 0.3 is 5.97 Å². The maximum Gasteiger partial charge on any atom is 0.328 e. The quantitative estimate of drug-likeness (QED) is 0.868. The van der Waals surface area contributed by atoms with Crippen LogP contribution in [0, 0.1) is 0 Å². The molecule has 0 spiro atoms. The molecule has 1 amide bonds. The summed E-state index contributed by atoms with van der Waals surface area (Å²) in [5, 5.41) is 10.6. The molecular formula is C16H15NO3. The average molecular weight is 269 g/mol. The zero-order valence-electron chi connectivity index (χ0n) is 11.1. The number of hydrogen-bond acceptors (Lipinski definition) is 2. The summed E-state index contributed by atoms with van der Waals surface area (Å²) in [6.45, 7) is 2.32. The van der Waals surface area contributed by atoms with Crippen molar-refractivity contribution in [1.82, 2.24) is 0 Å². The monoisotopic (exact) mass is 269 g/mol. The highest BCUT2D eigenvalue weighted by atomic mass is 16.4. The molecule has 0 saturated heterocycles. The minimum Gasteiger partial charge on any atom is -0.478 e. The predicted octanol–water partition coefficient (Wildman–Crippen LogP) is 2.83.